The fourth-order valence-corrected chi connectivity index (χ4v) is 10.4. The maximum atomic E-state index is 14.4. The van der Waals surface area contributed by atoms with Crippen LogP contribution in [0.1, 0.15) is 52.9 Å². The second-order valence-corrected chi connectivity index (χ2v) is 19.8. The Morgan fingerprint density at radius 3 is 1.86 bits per heavy atom. The van der Waals surface area contributed by atoms with Gasteiger partial charge in [-0.15, -0.1) is 46.2 Å². The molecule has 0 radical (unpaired) electrons. The van der Waals surface area contributed by atoms with Crippen molar-refractivity contribution in [2.75, 3.05) is 64.2 Å². The molecule has 0 spiro atoms. The number of hydrogen-bond donors (Lipinski definition) is 5. The summed E-state index contributed by atoms with van der Waals surface area (Å²) >= 11 is 4.18. The van der Waals surface area contributed by atoms with Gasteiger partial charge in [-0.1, -0.05) is 10.3 Å². The molecule has 0 aliphatic carbocycles. The Kier molecular flexibility index (Phi) is 21.2. The van der Waals surface area contributed by atoms with E-state index in [0.717, 1.165) is 46.4 Å². The third kappa shape index (κ3) is 15.2. The minimum absolute atomic E-state index is 0.0236. The number of hydrogen-bond acceptors (Lipinski definition) is 28. The van der Waals surface area contributed by atoms with E-state index in [0.29, 0.717) is 11.1 Å². The molecular weight excluding hydrogens is 1060 g/mol. The lowest BCUT2D eigenvalue weighted by Crippen LogP contribution is -2.71. The standard InChI is InChI=1S/C42H54N10O18S4/c1-17(2)65-41(59)69-19(5)67-37(57)25-21(11-61-7)13-71-34(48-25)28(46-31(53)26(50-63-9)23-15-73-39(43)44-23)33(55)49-40-45-24(16-74-40)27(51-64-10)32(54)47-29-35(56)52-30(22(12-62-8)14-72-36(29)52)38(58)68-20(6)70-42(60)66-18(3)4/h15-20,28-29,34,36,48H,11-14H2,1-10H3,(H2,43,44)(H,46,53)(H,47,54)(H,45,49,55)/b50-26-,51-27-/t19?,20?,28?,29-,34?,36-/m1/s1. The van der Waals surface area contributed by atoms with Crippen LogP contribution >= 0.6 is 46.2 Å². The van der Waals surface area contributed by atoms with Crippen LogP contribution in [0.25, 0.3) is 0 Å². The summed E-state index contributed by atoms with van der Waals surface area (Å²) in [6.45, 7) is 8.88. The van der Waals surface area contributed by atoms with Gasteiger partial charge in [0, 0.05) is 50.3 Å². The van der Waals surface area contributed by atoms with Gasteiger partial charge in [0.2, 0.25) is 12.6 Å². The van der Waals surface area contributed by atoms with Gasteiger partial charge in [-0.2, -0.15) is 0 Å². The number of amides is 4. The number of rotatable bonds is 23. The molecule has 74 heavy (non-hydrogen) atoms. The fourth-order valence-electron chi connectivity index (χ4n) is 6.66. The number of aromatic nitrogens is 2. The molecule has 5 heterocycles. The van der Waals surface area contributed by atoms with E-state index in [4.69, 9.17) is 53.3 Å². The van der Waals surface area contributed by atoms with Crippen LogP contribution in [0, 0.1) is 0 Å². The first kappa shape index (κ1) is 58.2. The normalized spacial score (nSPS) is 18.9. The number of nitrogens with zero attached hydrogens (tertiary/aromatic N) is 5. The van der Waals surface area contributed by atoms with E-state index in [1.54, 1.807) is 27.7 Å². The molecule has 2 aromatic heterocycles. The van der Waals surface area contributed by atoms with E-state index >= 15 is 0 Å². The lowest BCUT2D eigenvalue weighted by Gasteiger charge is -2.49. The summed E-state index contributed by atoms with van der Waals surface area (Å²) in [5, 5.41) is 19.3. The molecule has 2 aromatic rings. The van der Waals surface area contributed by atoms with E-state index in [9.17, 15) is 38.4 Å². The van der Waals surface area contributed by atoms with Crippen LogP contribution in [0.15, 0.2) is 43.6 Å². The largest absolute Gasteiger partial charge is 0.511 e. The molecule has 3 aliphatic rings. The number of nitrogens with two attached hydrogens (primary N) is 1. The molecule has 0 aromatic carbocycles. The summed E-state index contributed by atoms with van der Waals surface area (Å²) in [5.74, 6) is -5.20. The van der Waals surface area contributed by atoms with Gasteiger partial charge < -0.3 is 74.6 Å². The van der Waals surface area contributed by atoms with E-state index in [2.05, 4.69) is 41.5 Å². The van der Waals surface area contributed by atoms with Gasteiger partial charge in [-0.05, 0) is 38.8 Å². The molecule has 4 unspecified atom stereocenters. The highest BCUT2D eigenvalue weighted by molar-refractivity contribution is 8.00. The predicted molar refractivity (Wildman–Crippen MR) is 265 cm³/mol. The van der Waals surface area contributed by atoms with Crippen molar-refractivity contribution in [2.24, 2.45) is 10.3 Å². The van der Waals surface area contributed by atoms with Crippen molar-refractivity contribution in [3.05, 3.63) is 44.7 Å². The summed E-state index contributed by atoms with van der Waals surface area (Å²) < 4.78 is 41.2. The van der Waals surface area contributed by atoms with Crippen LogP contribution < -0.4 is 27.0 Å². The third-order valence-electron chi connectivity index (χ3n) is 9.59. The average molecular weight is 1120 g/mol. The lowest BCUT2D eigenvalue weighted by atomic mass is 10.0. The summed E-state index contributed by atoms with van der Waals surface area (Å²) in [6.07, 6.45) is -5.99. The van der Waals surface area contributed by atoms with Gasteiger partial charge in [0.1, 0.15) is 59.8 Å². The molecule has 6 atom stereocenters. The van der Waals surface area contributed by atoms with E-state index in [1.807, 2.05) is 0 Å². The third-order valence-corrected chi connectivity index (χ3v) is 13.6. The van der Waals surface area contributed by atoms with Crippen LogP contribution in [-0.4, -0.2) is 175 Å². The number of nitrogens with one attached hydrogen (secondary N) is 4. The van der Waals surface area contributed by atoms with Gasteiger partial charge in [0.05, 0.1) is 25.4 Å². The van der Waals surface area contributed by atoms with Crippen molar-refractivity contribution >= 4 is 116 Å². The molecule has 3 aliphatic heterocycles. The maximum absolute atomic E-state index is 14.4. The minimum Gasteiger partial charge on any atom is -0.431 e. The maximum Gasteiger partial charge on any atom is 0.511 e. The zero-order chi connectivity index (χ0) is 54.4. The van der Waals surface area contributed by atoms with Gasteiger partial charge in [-0.25, -0.2) is 29.1 Å². The van der Waals surface area contributed by atoms with Crippen LogP contribution in [0.2, 0.25) is 0 Å². The lowest BCUT2D eigenvalue weighted by molar-refractivity contribution is -0.169. The second kappa shape index (κ2) is 27.0. The number of fused-ring (bicyclic) bond motifs is 1. The predicted octanol–water partition coefficient (Wildman–Crippen LogP) is 1.77. The van der Waals surface area contributed by atoms with Crippen molar-refractivity contribution in [3.8, 4) is 0 Å². The molecular formula is C42H54N10O18S4. The number of anilines is 2. The smallest absolute Gasteiger partial charge is 0.431 e. The number of β-lactam (4-membered cyclic amide) rings is 1. The van der Waals surface area contributed by atoms with Crippen molar-refractivity contribution in [1.29, 1.82) is 0 Å². The summed E-state index contributed by atoms with van der Waals surface area (Å²) in [4.78, 5) is 127. The Labute approximate surface area is 439 Å². The minimum atomic E-state index is -1.58. The van der Waals surface area contributed by atoms with Crippen molar-refractivity contribution in [1.82, 2.24) is 30.8 Å². The molecule has 0 bridgehead atoms. The Balaban J connectivity index is 1.35. The first-order chi connectivity index (χ1) is 35.2. The molecule has 404 valence electrons. The molecule has 5 rings (SSSR count). The van der Waals surface area contributed by atoms with Crippen molar-refractivity contribution in [3.63, 3.8) is 0 Å². The Hall–Kier alpha value is -6.74. The van der Waals surface area contributed by atoms with E-state index in [-0.39, 0.29) is 63.5 Å². The number of thioether (sulfide) groups is 2. The van der Waals surface area contributed by atoms with Crippen molar-refractivity contribution in [2.45, 2.75) is 89.2 Å². The van der Waals surface area contributed by atoms with Gasteiger partial charge in [-0.3, -0.25) is 24.1 Å². The van der Waals surface area contributed by atoms with E-state index < -0.39 is 101 Å². The molecule has 28 nitrogen and oxygen atoms in total. The van der Waals surface area contributed by atoms with Gasteiger partial charge in [0.25, 0.3) is 23.6 Å². The second-order valence-electron chi connectivity index (χ2n) is 15.8. The number of carbonyl (C=O) groups is 8. The first-order valence-corrected chi connectivity index (χ1v) is 25.8. The summed E-state index contributed by atoms with van der Waals surface area (Å²) in [5.41, 5.74) is 5.44. The number of methoxy groups -OCH3 is 2. The Morgan fingerprint density at radius 2 is 1.30 bits per heavy atom. The number of carbonyl (C=O) groups excluding carboxylic acids is 8. The van der Waals surface area contributed by atoms with Gasteiger partial charge in [0.15, 0.2) is 21.7 Å². The van der Waals surface area contributed by atoms with Crippen LogP contribution in [-0.2, 0) is 76.3 Å². The van der Waals surface area contributed by atoms with Crippen molar-refractivity contribution < 1.29 is 85.9 Å². The number of thiazole rings is 2. The van der Waals surface area contributed by atoms with E-state index in [1.165, 1.54) is 57.7 Å². The molecule has 0 saturated carbocycles. The monoisotopic (exact) mass is 1110 g/mol. The van der Waals surface area contributed by atoms with Crippen LogP contribution in [0.4, 0.5) is 19.9 Å². The zero-order valence-electron chi connectivity index (χ0n) is 41.4. The Morgan fingerprint density at radius 1 is 0.743 bits per heavy atom. The topological polar surface area (TPSA) is 357 Å². The number of nitrogen functional groups attached to an aromatic ring is 1. The summed E-state index contributed by atoms with van der Waals surface area (Å²) in [7, 11) is 5.15. The number of esters is 2. The number of ether oxygens (including phenoxy) is 8. The van der Waals surface area contributed by atoms with Crippen LogP contribution in [0.5, 0.6) is 0 Å². The first-order valence-electron chi connectivity index (χ1n) is 21.9. The highest BCUT2D eigenvalue weighted by atomic mass is 32.2. The Bertz CT molecular complexity index is 2570. The molecule has 4 amide bonds. The highest BCUT2D eigenvalue weighted by Gasteiger charge is 2.55. The molecule has 6 N–H and O–H groups in total. The molecule has 1 saturated heterocycles. The average Bonchev–Trinajstić information content (AvgIpc) is 3.98. The van der Waals surface area contributed by atoms with Crippen LogP contribution in [0.3, 0.4) is 0 Å². The van der Waals surface area contributed by atoms with Gasteiger partial charge >= 0.3 is 24.2 Å². The quantitative estimate of drug-likeness (QED) is 0.0264. The SMILES string of the molecule is COCC1=C(C(=O)OC(C)OC(=O)OC(C)C)NC(C(NC(=O)/C(=N\OC)c2csc(N)n2)C(=O)Nc2nc(/C(=N/OC)C(=O)N[C@@H]3C(=O)N4C(C(=O)OC(C)OC(=O)OC(C)C)=C(COC)CS[C@H]34)cs2)SC1. The molecule has 1 fully saturated rings. The fraction of sp³-hybridized carbons (Fsp3) is 0.524. The highest BCUT2D eigenvalue weighted by Crippen LogP contribution is 2.41. The number of oxime groups is 2. The molecule has 32 heteroatoms. The zero-order valence-corrected chi connectivity index (χ0v) is 44.7. The summed E-state index contributed by atoms with van der Waals surface area (Å²) in [6, 6.07) is -2.77.